The number of nitrogens with zero attached hydrogens (tertiary/aromatic N) is 2. The molecular formula is C22H34N4O3. The van der Waals surface area contributed by atoms with Crippen LogP contribution in [0.5, 0.6) is 0 Å². The van der Waals surface area contributed by atoms with Gasteiger partial charge < -0.3 is 10.2 Å². The highest BCUT2D eigenvalue weighted by Crippen LogP contribution is 2.21. The summed E-state index contributed by atoms with van der Waals surface area (Å²) in [4.78, 5) is 39.4. The fourth-order valence-electron chi connectivity index (χ4n) is 3.48. The molecule has 0 unspecified atom stereocenters. The van der Waals surface area contributed by atoms with Crippen molar-refractivity contribution in [3.63, 3.8) is 0 Å². The zero-order chi connectivity index (χ0) is 21.1. The van der Waals surface area contributed by atoms with Crippen LogP contribution in [-0.2, 0) is 9.59 Å². The maximum atomic E-state index is 12.2. The number of unbranched alkanes of at least 4 members (excludes halogenated alkanes) is 4. The van der Waals surface area contributed by atoms with E-state index in [2.05, 4.69) is 29.4 Å². The Balaban J connectivity index is 1.68. The van der Waals surface area contributed by atoms with E-state index in [4.69, 9.17) is 0 Å². The maximum absolute atomic E-state index is 12.2. The molecule has 2 rings (SSSR count). The van der Waals surface area contributed by atoms with Gasteiger partial charge in [-0.15, -0.1) is 0 Å². The Morgan fingerprint density at radius 2 is 1.83 bits per heavy atom. The molecule has 1 aliphatic rings. The summed E-state index contributed by atoms with van der Waals surface area (Å²) in [5.41, 5.74) is 1.33. The number of amides is 4. The number of carbonyl (C=O) groups is 3. The average molecular weight is 403 g/mol. The van der Waals surface area contributed by atoms with E-state index >= 15 is 0 Å². The van der Waals surface area contributed by atoms with E-state index in [-0.39, 0.29) is 18.2 Å². The van der Waals surface area contributed by atoms with E-state index in [1.807, 2.05) is 6.07 Å². The number of urea groups is 1. The predicted molar refractivity (Wildman–Crippen MR) is 116 cm³/mol. The maximum Gasteiger partial charge on any atom is 0.328 e. The molecule has 1 fully saturated rings. The van der Waals surface area contributed by atoms with Gasteiger partial charge in [0.25, 0.3) is 0 Å². The summed E-state index contributed by atoms with van der Waals surface area (Å²) in [6, 6.07) is 6.74. The molecule has 0 radical (unpaired) electrons. The van der Waals surface area contributed by atoms with Crippen LogP contribution in [0.4, 0.5) is 16.2 Å². The first kappa shape index (κ1) is 22.9. The van der Waals surface area contributed by atoms with Crippen LogP contribution in [0.15, 0.2) is 24.3 Å². The second kappa shape index (κ2) is 12.2. The third-order valence-corrected chi connectivity index (χ3v) is 5.27. The minimum Gasteiger partial charge on any atom is -0.326 e. The highest BCUT2D eigenvalue weighted by atomic mass is 16.2. The van der Waals surface area contributed by atoms with Gasteiger partial charge in [-0.2, -0.15) is 0 Å². The number of imide groups is 1. The number of hydrogen-bond acceptors (Lipinski definition) is 4. The van der Waals surface area contributed by atoms with Gasteiger partial charge in [0, 0.05) is 30.8 Å². The molecule has 1 saturated heterocycles. The number of carbonyl (C=O) groups excluding carboxylic acids is 3. The molecule has 160 valence electrons. The molecule has 29 heavy (non-hydrogen) atoms. The molecule has 1 aromatic rings. The monoisotopic (exact) mass is 402 g/mol. The van der Waals surface area contributed by atoms with Crippen molar-refractivity contribution < 1.29 is 14.4 Å². The first-order chi connectivity index (χ1) is 14.0. The van der Waals surface area contributed by atoms with Gasteiger partial charge in [-0.25, -0.2) is 4.79 Å². The molecule has 2 N–H and O–H groups in total. The molecule has 0 saturated carbocycles. The largest absolute Gasteiger partial charge is 0.328 e. The van der Waals surface area contributed by atoms with Gasteiger partial charge in [0.2, 0.25) is 11.8 Å². The molecule has 1 heterocycles. The summed E-state index contributed by atoms with van der Waals surface area (Å²) in [5.74, 6) is -0.271. The molecule has 0 aliphatic carbocycles. The van der Waals surface area contributed by atoms with Gasteiger partial charge in [-0.05, 0) is 50.7 Å². The zero-order valence-corrected chi connectivity index (χ0v) is 17.7. The molecular weight excluding hydrogens is 368 g/mol. The van der Waals surface area contributed by atoms with Crippen molar-refractivity contribution in [2.75, 3.05) is 36.4 Å². The Hall–Kier alpha value is -2.41. The van der Waals surface area contributed by atoms with E-state index in [0.29, 0.717) is 24.3 Å². The first-order valence-corrected chi connectivity index (χ1v) is 10.8. The summed E-state index contributed by atoms with van der Waals surface area (Å²) >= 11 is 0. The van der Waals surface area contributed by atoms with Crippen LogP contribution in [-0.4, -0.2) is 48.9 Å². The van der Waals surface area contributed by atoms with E-state index in [0.717, 1.165) is 38.9 Å². The molecule has 7 heteroatoms. The lowest BCUT2D eigenvalue weighted by atomic mass is 10.1. The third kappa shape index (κ3) is 7.85. The number of anilines is 2. The summed E-state index contributed by atoms with van der Waals surface area (Å²) in [7, 11) is 0. The number of nitrogens with one attached hydrogen (secondary N) is 2. The molecule has 0 spiro atoms. The van der Waals surface area contributed by atoms with Crippen LogP contribution in [0, 0.1) is 0 Å². The van der Waals surface area contributed by atoms with Crippen molar-refractivity contribution in [3.8, 4) is 0 Å². The predicted octanol–water partition coefficient (Wildman–Crippen LogP) is 3.75. The summed E-state index contributed by atoms with van der Waals surface area (Å²) < 4.78 is 0. The molecule has 0 aromatic heterocycles. The van der Waals surface area contributed by atoms with Gasteiger partial charge in [0.15, 0.2) is 0 Å². The second-order valence-corrected chi connectivity index (χ2v) is 7.40. The van der Waals surface area contributed by atoms with Crippen LogP contribution in [0.2, 0.25) is 0 Å². The number of hydrogen-bond donors (Lipinski definition) is 2. The SMILES string of the molecule is CCN(CC)CCCCCCCC(=O)Nc1cccc(N2CCC(=O)NC2=O)c1. The Bertz CT molecular complexity index is 688. The minimum absolute atomic E-state index is 0.0106. The van der Waals surface area contributed by atoms with Crippen molar-refractivity contribution in [2.24, 2.45) is 0 Å². The van der Waals surface area contributed by atoms with Crippen molar-refractivity contribution >= 4 is 29.2 Å². The highest BCUT2D eigenvalue weighted by Gasteiger charge is 2.24. The molecule has 1 aromatic carbocycles. The van der Waals surface area contributed by atoms with Gasteiger partial charge in [-0.1, -0.05) is 39.2 Å². The van der Waals surface area contributed by atoms with Crippen LogP contribution >= 0.6 is 0 Å². The Morgan fingerprint density at radius 3 is 2.55 bits per heavy atom. The van der Waals surface area contributed by atoms with Crippen LogP contribution in [0.3, 0.4) is 0 Å². The average Bonchev–Trinajstić information content (AvgIpc) is 2.70. The summed E-state index contributed by atoms with van der Waals surface area (Å²) in [6.07, 6.45) is 6.31. The van der Waals surface area contributed by atoms with E-state index in [1.165, 1.54) is 17.7 Å². The Labute approximate surface area is 173 Å². The first-order valence-electron chi connectivity index (χ1n) is 10.8. The molecule has 4 amide bonds. The van der Waals surface area contributed by atoms with Crippen molar-refractivity contribution in [3.05, 3.63) is 24.3 Å². The smallest absolute Gasteiger partial charge is 0.326 e. The zero-order valence-electron chi connectivity index (χ0n) is 17.7. The van der Waals surface area contributed by atoms with E-state index < -0.39 is 6.03 Å². The summed E-state index contributed by atoms with van der Waals surface area (Å²) in [5, 5.41) is 5.21. The van der Waals surface area contributed by atoms with Crippen molar-refractivity contribution in [1.82, 2.24) is 10.2 Å². The van der Waals surface area contributed by atoms with Gasteiger partial charge in [0.05, 0.1) is 0 Å². The topological polar surface area (TPSA) is 81.8 Å². The normalized spacial score (nSPS) is 14.2. The van der Waals surface area contributed by atoms with Crippen molar-refractivity contribution in [1.29, 1.82) is 0 Å². The quantitative estimate of drug-likeness (QED) is 0.522. The fraction of sp³-hybridized carbons (Fsp3) is 0.591. The lowest BCUT2D eigenvalue weighted by Crippen LogP contribution is -2.49. The number of rotatable bonds is 12. The van der Waals surface area contributed by atoms with Gasteiger partial charge in [0.1, 0.15) is 0 Å². The Kier molecular flexibility index (Phi) is 9.64. The lowest BCUT2D eigenvalue weighted by Gasteiger charge is -2.26. The highest BCUT2D eigenvalue weighted by molar-refractivity contribution is 6.05. The van der Waals surface area contributed by atoms with Gasteiger partial charge in [-0.3, -0.25) is 19.8 Å². The van der Waals surface area contributed by atoms with Crippen LogP contribution < -0.4 is 15.5 Å². The molecule has 7 nitrogen and oxygen atoms in total. The van der Waals surface area contributed by atoms with Crippen LogP contribution in [0.25, 0.3) is 0 Å². The Morgan fingerprint density at radius 1 is 1.10 bits per heavy atom. The lowest BCUT2D eigenvalue weighted by molar-refractivity contribution is -0.120. The van der Waals surface area contributed by atoms with Crippen LogP contribution in [0.1, 0.15) is 58.8 Å². The molecule has 0 bridgehead atoms. The van der Waals surface area contributed by atoms with E-state index in [1.54, 1.807) is 18.2 Å². The van der Waals surface area contributed by atoms with Crippen molar-refractivity contribution in [2.45, 2.75) is 58.8 Å². The standard InChI is InChI=1S/C22H34N4O3/c1-3-25(4-2)15-9-7-5-6-8-13-20(27)23-18-11-10-12-19(17-18)26-16-14-21(28)24-22(26)29/h10-12,17H,3-9,13-16H2,1-2H3,(H,23,27)(H,24,28,29). The number of benzene rings is 1. The second-order valence-electron chi connectivity index (χ2n) is 7.40. The fourth-order valence-corrected chi connectivity index (χ4v) is 3.48. The summed E-state index contributed by atoms with van der Waals surface area (Å²) in [6.45, 7) is 8.11. The van der Waals surface area contributed by atoms with E-state index in [9.17, 15) is 14.4 Å². The third-order valence-electron chi connectivity index (χ3n) is 5.27. The molecule has 0 atom stereocenters. The molecule has 1 aliphatic heterocycles. The minimum atomic E-state index is -0.425. The van der Waals surface area contributed by atoms with Gasteiger partial charge >= 0.3 is 6.03 Å².